The minimum absolute atomic E-state index is 0.668. The van der Waals surface area contributed by atoms with Gasteiger partial charge in [0.15, 0.2) is 11.5 Å². The molecule has 108 valence electrons. The second-order valence-corrected chi connectivity index (χ2v) is 5.48. The summed E-state index contributed by atoms with van der Waals surface area (Å²) in [6, 6.07) is 10.3. The minimum Gasteiger partial charge on any atom is -0.493 e. The maximum atomic E-state index is 5.88. The third-order valence-corrected chi connectivity index (χ3v) is 3.93. The van der Waals surface area contributed by atoms with Gasteiger partial charge < -0.3 is 14.8 Å². The van der Waals surface area contributed by atoms with Crippen LogP contribution in [0.1, 0.15) is 17.4 Å². The molecule has 0 aliphatic rings. The molecule has 2 aromatic rings. The van der Waals surface area contributed by atoms with Gasteiger partial charge in [-0.3, -0.25) is 0 Å². The summed E-state index contributed by atoms with van der Waals surface area (Å²) in [5.41, 5.74) is 1.21. The standard InChI is InChI=1S/C16H21NO2S/c1-3-17-12-13-6-7-15(18-2)16(11-13)19-9-8-14-5-4-10-20-14/h4-7,10-11,17H,3,8-9,12H2,1-2H3. The Morgan fingerprint density at radius 1 is 1.20 bits per heavy atom. The highest BCUT2D eigenvalue weighted by Gasteiger charge is 2.06. The van der Waals surface area contributed by atoms with Crippen LogP contribution in [-0.2, 0) is 13.0 Å². The van der Waals surface area contributed by atoms with Crippen molar-refractivity contribution < 1.29 is 9.47 Å². The summed E-state index contributed by atoms with van der Waals surface area (Å²) in [4.78, 5) is 1.34. The zero-order valence-corrected chi connectivity index (χ0v) is 12.8. The van der Waals surface area contributed by atoms with Crippen LogP contribution in [0.4, 0.5) is 0 Å². The van der Waals surface area contributed by atoms with E-state index in [4.69, 9.17) is 9.47 Å². The molecule has 20 heavy (non-hydrogen) atoms. The van der Waals surface area contributed by atoms with E-state index in [1.54, 1.807) is 18.4 Å². The Bertz CT molecular complexity index is 511. The molecule has 0 spiro atoms. The van der Waals surface area contributed by atoms with Crippen LogP contribution >= 0.6 is 11.3 Å². The monoisotopic (exact) mass is 291 g/mol. The average Bonchev–Trinajstić information content (AvgIpc) is 2.98. The van der Waals surface area contributed by atoms with Crippen molar-refractivity contribution in [2.24, 2.45) is 0 Å². The molecule has 0 aliphatic carbocycles. The number of rotatable bonds is 8. The zero-order valence-electron chi connectivity index (χ0n) is 12.0. The number of benzene rings is 1. The first-order valence-electron chi connectivity index (χ1n) is 6.86. The first-order chi connectivity index (χ1) is 9.83. The van der Waals surface area contributed by atoms with E-state index in [0.29, 0.717) is 6.61 Å². The maximum Gasteiger partial charge on any atom is 0.161 e. The Labute approximate surface area is 124 Å². The Hall–Kier alpha value is -1.52. The van der Waals surface area contributed by atoms with Crippen LogP contribution in [0.5, 0.6) is 11.5 Å². The summed E-state index contributed by atoms with van der Waals surface area (Å²) >= 11 is 1.76. The maximum absolute atomic E-state index is 5.88. The highest BCUT2D eigenvalue weighted by atomic mass is 32.1. The lowest BCUT2D eigenvalue weighted by atomic mass is 10.2. The average molecular weight is 291 g/mol. The Kier molecular flexibility index (Phi) is 5.89. The normalized spacial score (nSPS) is 10.5. The molecular formula is C16H21NO2S. The smallest absolute Gasteiger partial charge is 0.161 e. The highest BCUT2D eigenvalue weighted by molar-refractivity contribution is 7.09. The van der Waals surface area contributed by atoms with Crippen LogP contribution in [0.25, 0.3) is 0 Å². The minimum atomic E-state index is 0.668. The topological polar surface area (TPSA) is 30.5 Å². The van der Waals surface area contributed by atoms with Gasteiger partial charge in [-0.25, -0.2) is 0 Å². The van der Waals surface area contributed by atoms with E-state index in [9.17, 15) is 0 Å². The molecule has 0 amide bonds. The Morgan fingerprint density at radius 3 is 2.80 bits per heavy atom. The predicted molar refractivity (Wildman–Crippen MR) is 83.9 cm³/mol. The van der Waals surface area contributed by atoms with Gasteiger partial charge in [-0.1, -0.05) is 19.1 Å². The van der Waals surface area contributed by atoms with Crippen LogP contribution in [-0.4, -0.2) is 20.3 Å². The van der Waals surface area contributed by atoms with Gasteiger partial charge in [0.2, 0.25) is 0 Å². The van der Waals surface area contributed by atoms with E-state index in [1.165, 1.54) is 10.4 Å². The van der Waals surface area contributed by atoms with Crippen molar-refractivity contribution in [2.75, 3.05) is 20.3 Å². The van der Waals surface area contributed by atoms with Gasteiger partial charge in [0, 0.05) is 17.8 Å². The number of methoxy groups -OCH3 is 1. The molecule has 2 rings (SSSR count). The van der Waals surface area contributed by atoms with E-state index >= 15 is 0 Å². The predicted octanol–water partition coefficient (Wildman–Crippen LogP) is 3.49. The summed E-state index contributed by atoms with van der Waals surface area (Å²) in [6.07, 6.45) is 0.929. The first kappa shape index (κ1) is 14.9. The summed E-state index contributed by atoms with van der Waals surface area (Å²) in [5.74, 6) is 1.61. The van der Waals surface area contributed by atoms with E-state index in [-0.39, 0.29) is 0 Å². The Balaban J connectivity index is 1.96. The fourth-order valence-corrected chi connectivity index (χ4v) is 2.62. The molecule has 0 fully saturated rings. The lowest BCUT2D eigenvalue weighted by Gasteiger charge is -2.12. The molecule has 1 aromatic carbocycles. The van der Waals surface area contributed by atoms with Gasteiger partial charge in [0.05, 0.1) is 13.7 Å². The quantitative estimate of drug-likeness (QED) is 0.807. The van der Waals surface area contributed by atoms with Crippen LogP contribution < -0.4 is 14.8 Å². The molecule has 0 atom stereocenters. The fraction of sp³-hybridized carbons (Fsp3) is 0.375. The first-order valence-corrected chi connectivity index (χ1v) is 7.74. The lowest BCUT2D eigenvalue weighted by molar-refractivity contribution is 0.298. The van der Waals surface area contributed by atoms with Gasteiger partial charge in [-0.15, -0.1) is 11.3 Å². The van der Waals surface area contributed by atoms with E-state index in [2.05, 4.69) is 41.9 Å². The van der Waals surface area contributed by atoms with Crippen LogP contribution in [0.2, 0.25) is 0 Å². The molecule has 0 bridgehead atoms. The van der Waals surface area contributed by atoms with Crippen molar-refractivity contribution in [1.29, 1.82) is 0 Å². The summed E-state index contributed by atoms with van der Waals surface area (Å²) in [6.45, 7) is 4.58. The molecular weight excluding hydrogens is 270 g/mol. The van der Waals surface area contributed by atoms with Crippen LogP contribution in [0.15, 0.2) is 35.7 Å². The fourth-order valence-electron chi connectivity index (χ4n) is 1.93. The van der Waals surface area contributed by atoms with E-state index in [1.807, 2.05) is 6.07 Å². The zero-order chi connectivity index (χ0) is 14.2. The second kappa shape index (κ2) is 7.92. The SMILES string of the molecule is CCNCc1ccc(OC)c(OCCc2cccs2)c1. The second-order valence-electron chi connectivity index (χ2n) is 4.44. The molecule has 0 saturated carbocycles. The molecule has 0 unspecified atom stereocenters. The molecule has 1 aromatic heterocycles. The van der Waals surface area contributed by atoms with E-state index in [0.717, 1.165) is 31.0 Å². The van der Waals surface area contributed by atoms with Crippen LogP contribution in [0, 0.1) is 0 Å². The Morgan fingerprint density at radius 2 is 2.10 bits per heavy atom. The van der Waals surface area contributed by atoms with Gasteiger partial charge in [-0.2, -0.15) is 0 Å². The number of ether oxygens (including phenoxy) is 2. The van der Waals surface area contributed by atoms with Crippen molar-refractivity contribution in [3.63, 3.8) is 0 Å². The molecule has 0 saturated heterocycles. The number of thiophene rings is 1. The molecule has 0 aliphatic heterocycles. The molecule has 0 radical (unpaired) electrons. The third-order valence-electron chi connectivity index (χ3n) is 2.99. The molecule has 1 N–H and O–H groups in total. The largest absolute Gasteiger partial charge is 0.493 e. The van der Waals surface area contributed by atoms with Crippen molar-refractivity contribution in [1.82, 2.24) is 5.32 Å². The van der Waals surface area contributed by atoms with Crippen molar-refractivity contribution in [3.8, 4) is 11.5 Å². The molecule has 4 heteroatoms. The summed E-state index contributed by atoms with van der Waals surface area (Å²) in [7, 11) is 1.67. The van der Waals surface area contributed by atoms with Crippen molar-refractivity contribution in [3.05, 3.63) is 46.2 Å². The third kappa shape index (κ3) is 4.25. The number of hydrogen-bond donors (Lipinski definition) is 1. The van der Waals surface area contributed by atoms with Crippen molar-refractivity contribution >= 4 is 11.3 Å². The van der Waals surface area contributed by atoms with Gasteiger partial charge >= 0.3 is 0 Å². The summed E-state index contributed by atoms with van der Waals surface area (Å²) < 4.78 is 11.2. The van der Waals surface area contributed by atoms with Gasteiger partial charge in [-0.05, 0) is 35.7 Å². The number of nitrogens with one attached hydrogen (secondary N) is 1. The summed E-state index contributed by atoms with van der Waals surface area (Å²) in [5, 5.41) is 5.40. The van der Waals surface area contributed by atoms with E-state index < -0.39 is 0 Å². The van der Waals surface area contributed by atoms with Gasteiger partial charge in [0.1, 0.15) is 0 Å². The molecule has 3 nitrogen and oxygen atoms in total. The lowest BCUT2D eigenvalue weighted by Crippen LogP contribution is -2.12. The molecule has 1 heterocycles. The van der Waals surface area contributed by atoms with Gasteiger partial charge in [0.25, 0.3) is 0 Å². The number of hydrogen-bond acceptors (Lipinski definition) is 4. The highest BCUT2D eigenvalue weighted by Crippen LogP contribution is 2.28. The van der Waals surface area contributed by atoms with Crippen LogP contribution in [0.3, 0.4) is 0 Å². The van der Waals surface area contributed by atoms with Crippen molar-refractivity contribution in [2.45, 2.75) is 19.9 Å².